The third kappa shape index (κ3) is 4.03. The van der Waals surface area contributed by atoms with E-state index in [1.807, 2.05) is 24.3 Å². The number of nitrogens with one attached hydrogen (secondary N) is 1. The number of hydrogen-bond acceptors (Lipinski definition) is 7. The summed E-state index contributed by atoms with van der Waals surface area (Å²) in [7, 11) is 1.42. The summed E-state index contributed by atoms with van der Waals surface area (Å²) in [4.78, 5) is 12.6. The van der Waals surface area contributed by atoms with Gasteiger partial charge in [-0.15, -0.1) is 0 Å². The van der Waals surface area contributed by atoms with E-state index >= 15 is 0 Å². The van der Waals surface area contributed by atoms with Gasteiger partial charge in [-0.25, -0.2) is 0 Å². The number of ether oxygens (including phenoxy) is 2. The maximum atomic E-state index is 12.6. The highest BCUT2D eigenvalue weighted by molar-refractivity contribution is 6.38. The number of nitrogens with zero attached hydrogens (tertiary/aromatic N) is 1. The van der Waals surface area contributed by atoms with Crippen molar-refractivity contribution in [2.24, 2.45) is 5.92 Å². The number of aliphatic hydroxyl groups excluding tert-OH is 2. The Morgan fingerprint density at radius 1 is 1.21 bits per heavy atom. The average molecular weight is 469 g/mol. The summed E-state index contributed by atoms with van der Waals surface area (Å²) in [6, 6.07) is 12.3. The number of rotatable bonds is 6. The maximum Gasteiger partial charge on any atom is 0.260 e. The Morgan fingerprint density at radius 3 is 2.64 bits per heavy atom. The van der Waals surface area contributed by atoms with Crippen molar-refractivity contribution in [2.45, 2.75) is 18.9 Å². The van der Waals surface area contributed by atoms with Crippen LogP contribution in [0.5, 0.6) is 11.6 Å². The first-order chi connectivity index (χ1) is 15.9. The molecule has 2 heterocycles. The Bertz CT molecular complexity index is 1240. The molecule has 1 aliphatic heterocycles. The number of anilines is 1. The molecule has 3 aromatic rings. The average Bonchev–Trinajstić information content (AvgIpc) is 3.39. The van der Waals surface area contributed by atoms with E-state index in [9.17, 15) is 15.0 Å². The summed E-state index contributed by atoms with van der Waals surface area (Å²) in [6.07, 6.45) is 1.35. The fraction of sp³-hybridized carbons (Fsp3) is 0.250. The lowest BCUT2D eigenvalue weighted by Gasteiger charge is -2.30. The van der Waals surface area contributed by atoms with E-state index in [1.165, 1.54) is 13.2 Å². The Kier molecular flexibility index (Phi) is 5.47. The Hall–Kier alpha value is -3.49. The Morgan fingerprint density at radius 2 is 1.97 bits per heavy atom. The standard InChI is InChI=1S/C24H21ClN2O6/c1-31-21-10-20(33-27-21)23(29)22-17-8-16(18(25)9-19(17)26-24(22)30)13-2-4-15(5-3-13)32-11-12-6-14(28)7-12/h2-5,8-10,12,14,28-29H,6-7,11H2,1H3,(H,26,30). The highest BCUT2D eigenvalue weighted by atomic mass is 35.5. The molecule has 3 N–H and O–H groups in total. The van der Waals surface area contributed by atoms with Gasteiger partial charge in [0.05, 0.1) is 42.2 Å². The van der Waals surface area contributed by atoms with E-state index in [0.717, 1.165) is 24.2 Å². The van der Waals surface area contributed by atoms with Crippen molar-refractivity contribution in [1.82, 2.24) is 5.16 Å². The van der Waals surface area contributed by atoms with Gasteiger partial charge in [0.15, 0.2) is 5.76 Å². The number of amides is 1. The van der Waals surface area contributed by atoms with Crippen molar-refractivity contribution in [2.75, 3.05) is 19.0 Å². The monoisotopic (exact) mass is 468 g/mol. The van der Waals surface area contributed by atoms with E-state index in [-0.39, 0.29) is 29.1 Å². The van der Waals surface area contributed by atoms with Gasteiger partial charge in [-0.1, -0.05) is 23.7 Å². The quantitative estimate of drug-likeness (QED) is 0.359. The fourth-order valence-electron chi connectivity index (χ4n) is 4.02. The molecule has 2 aromatic carbocycles. The normalized spacial score (nSPS) is 20.6. The predicted octanol–water partition coefficient (Wildman–Crippen LogP) is 4.53. The number of carbonyl (C=O) groups is 1. The molecule has 0 bridgehead atoms. The fourth-order valence-corrected chi connectivity index (χ4v) is 4.29. The topological polar surface area (TPSA) is 114 Å². The van der Waals surface area contributed by atoms with Crippen molar-refractivity contribution in [3.8, 4) is 22.8 Å². The molecule has 1 aromatic heterocycles. The zero-order valence-electron chi connectivity index (χ0n) is 17.7. The molecule has 0 spiro atoms. The molecule has 0 radical (unpaired) electrons. The van der Waals surface area contributed by atoms with Crippen LogP contribution in [-0.4, -0.2) is 41.1 Å². The molecule has 2 aliphatic rings. The van der Waals surface area contributed by atoms with Crippen LogP contribution in [0, 0.1) is 5.92 Å². The van der Waals surface area contributed by atoms with Crippen LogP contribution in [0.15, 0.2) is 47.0 Å². The second kappa shape index (κ2) is 8.46. The molecular formula is C24H21ClN2O6. The first-order valence-electron chi connectivity index (χ1n) is 10.4. The van der Waals surface area contributed by atoms with Crippen LogP contribution >= 0.6 is 11.6 Å². The molecule has 0 unspecified atom stereocenters. The number of benzene rings is 2. The molecule has 1 fully saturated rings. The van der Waals surface area contributed by atoms with Crippen LogP contribution in [0.25, 0.3) is 22.5 Å². The van der Waals surface area contributed by atoms with E-state index in [4.69, 9.17) is 25.6 Å². The van der Waals surface area contributed by atoms with Crippen molar-refractivity contribution in [1.29, 1.82) is 0 Å². The van der Waals surface area contributed by atoms with Gasteiger partial charge in [0.1, 0.15) is 5.75 Å². The lowest BCUT2D eigenvalue weighted by molar-refractivity contribution is -0.110. The van der Waals surface area contributed by atoms with Gasteiger partial charge >= 0.3 is 0 Å². The van der Waals surface area contributed by atoms with Gasteiger partial charge in [0.2, 0.25) is 5.76 Å². The number of fused-ring (bicyclic) bond motifs is 1. The lowest BCUT2D eigenvalue weighted by Crippen LogP contribution is -2.32. The third-order valence-electron chi connectivity index (χ3n) is 5.88. The molecule has 1 saturated carbocycles. The van der Waals surface area contributed by atoms with Gasteiger partial charge < -0.3 is 29.5 Å². The molecule has 1 aliphatic carbocycles. The lowest BCUT2D eigenvalue weighted by atomic mass is 9.83. The minimum absolute atomic E-state index is 0.0156. The zero-order chi connectivity index (χ0) is 23.1. The van der Waals surface area contributed by atoms with Crippen molar-refractivity contribution in [3.63, 3.8) is 0 Å². The van der Waals surface area contributed by atoms with Gasteiger partial charge in [-0.2, -0.15) is 0 Å². The van der Waals surface area contributed by atoms with E-state index in [2.05, 4.69) is 10.5 Å². The Labute approximate surface area is 194 Å². The molecule has 5 rings (SSSR count). The van der Waals surface area contributed by atoms with Gasteiger partial charge in [-0.3, -0.25) is 4.79 Å². The van der Waals surface area contributed by atoms with Crippen molar-refractivity contribution in [3.05, 3.63) is 58.8 Å². The molecule has 0 atom stereocenters. The summed E-state index contributed by atoms with van der Waals surface area (Å²) >= 11 is 6.51. The number of methoxy groups -OCH3 is 1. The number of aliphatic hydroxyl groups is 2. The minimum Gasteiger partial charge on any atom is -0.504 e. The minimum atomic E-state index is -0.476. The molecule has 8 nitrogen and oxygen atoms in total. The summed E-state index contributed by atoms with van der Waals surface area (Å²) in [6.45, 7) is 0.573. The number of hydrogen-bond donors (Lipinski definition) is 3. The van der Waals surface area contributed by atoms with E-state index < -0.39 is 5.91 Å². The van der Waals surface area contributed by atoms with Gasteiger partial charge in [-0.05, 0) is 53.7 Å². The number of aromatic nitrogens is 1. The number of halogens is 1. The van der Waals surface area contributed by atoms with Crippen LogP contribution in [0.1, 0.15) is 24.2 Å². The van der Waals surface area contributed by atoms with Crippen LogP contribution < -0.4 is 14.8 Å². The largest absolute Gasteiger partial charge is 0.504 e. The van der Waals surface area contributed by atoms with E-state index in [0.29, 0.717) is 34.4 Å². The highest BCUT2D eigenvalue weighted by Crippen LogP contribution is 2.42. The number of carbonyl (C=O) groups excluding carboxylic acids is 1. The zero-order valence-corrected chi connectivity index (χ0v) is 18.4. The maximum absolute atomic E-state index is 12.6. The van der Waals surface area contributed by atoms with Crippen molar-refractivity contribution >= 4 is 34.5 Å². The molecule has 33 heavy (non-hydrogen) atoms. The second-order valence-electron chi connectivity index (χ2n) is 8.12. The molecule has 170 valence electrons. The van der Waals surface area contributed by atoms with Crippen LogP contribution in [0.2, 0.25) is 5.02 Å². The summed E-state index contributed by atoms with van der Waals surface area (Å²) in [5.74, 6) is 0.492. The summed E-state index contributed by atoms with van der Waals surface area (Å²) < 4.78 is 15.9. The van der Waals surface area contributed by atoms with Gasteiger partial charge in [0, 0.05) is 11.1 Å². The Balaban J connectivity index is 1.44. The summed E-state index contributed by atoms with van der Waals surface area (Å²) in [5.41, 5.74) is 2.57. The molecule has 1 amide bonds. The van der Waals surface area contributed by atoms with Crippen LogP contribution in [-0.2, 0) is 4.79 Å². The van der Waals surface area contributed by atoms with Gasteiger partial charge in [0.25, 0.3) is 11.8 Å². The smallest absolute Gasteiger partial charge is 0.260 e. The van der Waals surface area contributed by atoms with Crippen LogP contribution in [0.4, 0.5) is 5.69 Å². The van der Waals surface area contributed by atoms with Crippen molar-refractivity contribution < 1.29 is 29.0 Å². The van der Waals surface area contributed by atoms with E-state index in [1.54, 1.807) is 12.1 Å². The summed E-state index contributed by atoms with van der Waals surface area (Å²) in [5, 5.41) is 26.9. The second-order valence-corrected chi connectivity index (χ2v) is 8.52. The third-order valence-corrected chi connectivity index (χ3v) is 6.19. The SMILES string of the molecule is COc1cc(C(O)=C2C(=O)Nc3cc(Cl)c(-c4ccc(OCC5CC(O)C5)cc4)cc32)on1. The predicted molar refractivity (Wildman–Crippen MR) is 122 cm³/mol. The molecule has 0 saturated heterocycles. The molecule has 9 heteroatoms. The highest BCUT2D eigenvalue weighted by Gasteiger charge is 2.31. The first-order valence-corrected chi connectivity index (χ1v) is 10.8. The molecular weight excluding hydrogens is 448 g/mol. The first kappa shape index (κ1) is 21.4. The van der Waals surface area contributed by atoms with Crippen LogP contribution in [0.3, 0.4) is 0 Å².